The quantitative estimate of drug-likeness (QED) is 0.891. The SMILES string of the molecule is NC1CCCc2cc(OCC3(O)CCCCC3)ccc21. The minimum absolute atomic E-state index is 0.176. The molecule has 0 bridgehead atoms. The predicted molar refractivity (Wildman–Crippen MR) is 79.8 cm³/mol. The molecule has 0 radical (unpaired) electrons. The van der Waals surface area contributed by atoms with Gasteiger partial charge in [0.1, 0.15) is 12.4 Å². The Morgan fingerprint density at radius 3 is 2.80 bits per heavy atom. The Hall–Kier alpha value is -1.06. The van der Waals surface area contributed by atoms with Crippen LogP contribution in [0.25, 0.3) is 0 Å². The van der Waals surface area contributed by atoms with Crippen molar-refractivity contribution in [2.45, 2.75) is 63.0 Å². The van der Waals surface area contributed by atoms with Crippen LogP contribution < -0.4 is 10.5 Å². The van der Waals surface area contributed by atoms with Crippen LogP contribution >= 0.6 is 0 Å². The number of nitrogens with two attached hydrogens (primary N) is 1. The van der Waals surface area contributed by atoms with E-state index >= 15 is 0 Å². The Morgan fingerprint density at radius 2 is 2.00 bits per heavy atom. The molecule has 0 heterocycles. The number of fused-ring (bicyclic) bond motifs is 1. The van der Waals surface area contributed by atoms with Gasteiger partial charge in [-0.1, -0.05) is 25.3 Å². The molecule has 1 unspecified atom stereocenters. The Balaban J connectivity index is 1.66. The van der Waals surface area contributed by atoms with Crippen molar-refractivity contribution in [3.63, 3.8) is 0 Å². The minimum atomic E-state index is -0.620. The Labute approximate surface area is 121 Å². The fraction of sp³-hybridized carbons (Fsp3) is 0.647. The smallest absolute Gasteiger partial charge is 0.119 e. The molecule has 0 spiro atoms. The second-order valence-corrected chi connectivity index (χ2v) is 6.43. The highest BCUT2D eigenvalue weighted by molar-refractivity contribution is 5.38. The van der Waals surface area contributed by atoms with E-state index in [4.69, 9.17) is 10.5 Å². The summed E-state index contributed by atoms with van der Waals surface area (Å²) in [5, 5.41) is 10.5. The third-order valence-corrected chi connectivity index (χ3v) is 4.77. The Bertz CT molecular complexity index is 466. The summed E-state index contributed by atoms with van der Waals surface area (Å²) in [5.74, 6) is 0.872. The molecule has 1 saturated carbocycles. The zero-order valence-electron chi connectivity index (χ0n) is 12.1. The summed E-state index contributed by atoms with van der Waals surface area (Å²) >= 11 is 0. The lowest BCUT2D eigenvalue weighted by molar-refractivity contribution is -0.0339. The molecule has 1 atom stereocenters. The first-order valence-electron chi connectivity index (χ1n) is 7.90. The lowest BCUT2D eigenvalue weighted by Gasteiger charge is -2.32. The van der Waals surface area contributed by atoms with E-state index in [0.29, 0.717) is 6.61 Å². The van der Waals surface area contributed by atoms with Crippen LogP contribution in [-0.2, 0) is 6.42 Å². The average molecular weight is 275 g/mol. The minimum Gasteiger partial charge on any atom is -0.491 e. The average Bonchev–Trinajstić information content (AvgIpc) is 2.46. The van der Waals surface area contributed by atoms with Crippen molar-refractivity contribution in [1.29, 1.82) is 0 Å². The van der Waals surface area contributed by atoms with Crippen molar-refractivity contribution in [3.8, 4) is 5.75 Å². The lowest BCUT2D eigenvalue weighted by atomic mass is 9.85. The summed E-state index contributed by atoms with van der Waals surface area (Å²) in [6.07, 6.45) is 8.50. The molecular formula is C17H25NO2. The van der Waals surface area contributed by atoms with Gasteiger partial charge in [0.15, 0.2) is 0 Å². The van der Waals surface area contributed by atoms with E-state index in [0.717, 1.165) is 50.7 Å². The van der Waals surface area contributed by atoms with Crippen molar-refractivity contribution in [2.75, 3.05) is 6.61 Å². The van der Waals surface area contributed by atoms with Gasteiger partial charge in [0.2, 0.25) is 0 Å². The van der Waals surface area contributed by atoms with Gasteiger partial charge in [-0.3, -0.25) is 0 Å². The molecule has 20 heavy (non-hydrogen) atoms. The van der Waals surface area contributed by atoms with E-state index in [9.17, 15) is 5.11 Å². The lowest BCUT2D eigenvalue weighted by Crippen LogP contribution is -2.37. The van der Waals surface area contributed by atoms with E-state index in [1.165, 1.54) is 17.5 Å². The third-order valence-electron chi connectivity index (χ3n) is 4.77. The van der Waals surface area contributed by atoms with Crippen molar-refractivity contribution in [3.05, 3.63) is 29.3 Å². The van der Waals surface area contributed by atoms with Gasteiger partial charge in [0, 0.05) is 6.04 Å². The fourth-order valence-electron chi connectivity index (χ4n) is 3.49. The maximum absolute atomic E-state index is 10.5. The molecule has 3 heteroatoms. The number of hydrogen-bond donors (Lipinski definition) is 2. The van der Waals surface area contributed by atoms with E-state index in [1.54, 1.807) is 0 Å². The zero-order valence-corrected chi connectivity index (χ0v) is 12.1. The molecule has 0 saturated heterocycles. The number of hydrogen-bond acceptors (Lipinski definition) is 3. The first-order valence-corrected chi connectivity index (χ1v) is 7.90. The van der Waals surface area contributed by atoms with E-state index in [2.05, 4.69) is 12.1 Å². The largest absolute Gasteiger partial charge is 0.491 e. The molecule has 2 aliphatic rings. The van der Waals surface area contributed by atoms with Gasteiger partial charge in [-0.25, -0.2) is 0 Å². The second kappa shape index (κ2) is 5.74. The van der Waals surface area contributed by atoms with E-state index < -0.39 is 5.60 Å². The van der Waals surface area contributed by atoms with E-state index in [1.807, 2.05) is 6.07 Å². The van der Waals surface area contributed by atoms with Crippen LogP contribution in [0.3, 0.4) is 0 Å². The summed E-state index contributed by atoms with van der Waals surface area (Å²) in [6, 6.07) is 6.38. The highest BCUT2D eigenvalue weighted by atomic mass is 16.5. The van der Waals surface area contributed by atoms with Gasteiger partial charge in [0.05, 0.1) is 5.60 Å². The second-order valence-electron chi connectivity index (χ2n) is 6.43. The molecular weight excluding hydrogens is 250 g/mol. The predicted octanol–water partition coefficient (Wildman–Crippen LogP) is 3.10. The first-order chi connectivity index (χ1) is 9.66. The molecule has 3 rings (SSSR count). The zero-order chi connectivity index (χ0) is 14.0. The number of ether oxygens (including phenoxy) is 1. The molecule has 1 aromatic rings. The first kappa shape index (κ1) is 13.9. The molecule has 2 aliphatic carbocycles. The molecule has 0 aromatic heterocycles. The van der Waals surface area contributed by atoms with Crippen LogP contribution in [0.4, 0.5) is 0 Å². The molecule has 110 valence electrons. The van der Waals surface area contributed by atoms with Crippen LogP contribution in [0.5, 0.6) is 5.75 Å². The fourth-order valence-corrected chi connectivity index (χ4v) is 3.49. The molecule has 3 N–H and O–H groups in total. The number of aliphatic hydroxyl groups is 1. The highest BCUT2D eigenvalue weighted by Crippen LogP contribution is 2.32. The summed E-state index contributed by atoms with van der Waals surface area (Å²) < 4.78 is 5.86. The van der Waals surface area contributed by atoms with Gasteiger partial charge in [-0.15, -0.1) is 0 Å². The van der Waals surface area contributed by atoms with Crippen molar-refractivity contribution in [1.82, 2.24) is 0 Å². The standard InChI is InChI=1S/C17H25NO2/c18-16-6-4-5-13-11-14(7-8-15(13)16)20-12-17(19)9-2-1-3-10-17/h7-8,11,16,19H,1-6,9-10,12,18H2. The van der Waals surface area contributed by atoms with Crippen LogP contribution in [-0.4, -0.2) is 17.3 Å². The summed E-state index contributed by atoms with van der Waals surface area (Å²) in [4.78, 5) is 0. The van der Waals surface area contributed by atoms with Crippen LogP contribution in [0.2, 0.25) is 0 Å². The van der Waals surface area contributed by atoms with Crippen LogP contribution in [0.15, 0.2) is 18.2 Å². The number of rotatable bonds is 3. The maximum Gasteiger partial charge on any atom is 0.119 e. The monoisotopic (exact) mass is 275 g/mol. The topological polar surface area (TPSA) is 55.5 Å². The molecule has 1 fully saturated rings. The third kappa shape index (κ3) is 2.99. The van der Waals surface area contributed by atoms with Gasteiger partial charge in [0.25, 0.3) is 0 Å². The summed E-state index contributed by atoms with van der Waals surface area (Å²) in [5.41, 5.74) is 8.09. The summed E-state index contributed by atoms with van der Waals surface area (Å²) in [6.45, 7) is 0.415. The molecule has 0 amide bonds. The molecule has 0 aliphatic heterocycles. The summed E-state index contributed by atoms with van der Waals surface area (Å²) in [7, 11) is 0. The van der Waals surface area contributed by atoms with Crippen LogP contribution in [0.1, 0.15) is 62.1 Å². The van der Waals surface area contributed by atoms with Gasteiger partial charge >= 0.3 is 0 Å². The van der Waals surface area contributed by atoms with Crippen LogP contribution in [0, 0.1) is 0 Å². The highest BCUT2D eigenvalue weighted by Gasteiger charge is 2.30. The number of aryl methyl sites for hydroxylation is 1. The molecule has 1 aromatic carbocycles. The van der Waals surface area contributed by atoms with Crippen molar-refractivity contribution >= 4 is 0 Å². The van der Waals surface area contributed by atoms with Crippen molar-refractivity contribution < 1.29 is 9.84 Å². The Kier molecular flexibility index (Phi) is 3.99. The van der Waals surface area contributed by atoms with Crippen molar-refractivity contribution in [2.24, 2.45) is 5.73 Å². The number of benzene rings is 1. The molecule has 3 nitrogen and oxygen atoms in total. The maximum atomic E-state index is 10.5. The van der Waals surface area contributed by atoms with E-state index in [-0.39, 0.29) is 6.04 Å². The normalized spacial score (nSPS) is 25.0. The van der Waals surface area contributed by atoms with Gasteiger partial charge in [-0.2, -0.15) is 0 Å². The Morgan fingerprint density at radius 1 is 1.20 bits per heavy atom. The van der Waals surface area contributed by atoms with Gasteiger partial charge < -0.3 is 15.6 Å². The van der Waals surface area contributed by atoms with Gasteiger partial charge in [-0.05, 0) is 55.4 Å².